The average molecular weight is 454 g/mol. The van der Waals surface area contributed by atoms with Crippen molar-refractivity contribution in [1.29, 1.82) is 5.26 Å². The van der Waals surface area contributed by atoms with E-state index in [1.807, 2.05) is 32.4 Å². The van der Waals surface area contributed by atoms with Crippen molar-refractivity contribution in [3.8, 4) is 6.07 Å². The molecule has 4 fully saturated rings. The Labute approximate surface area is 198 Å². The Hall–Kier alpha value is -3.67. The molecule has 4 aliphatic carbocycles. The molecule has 5 aliphatic rings. The van der Waals surface area contributed by atoms with Crippen molar-refractivity contribution in [1.82, 2.24) is 24.6 Å². The summed E-state index contributed by atoms with van der Waals surface area (Å²) in [6, 6.07) is 4.64. The van der Waals surface area contributed by atoms with Crippen molar-refractivity contribution in [2.75, 3.05) is 22.2 Å². The van der Waals surface area contributed by atoms with Crippen LogP contribution in [0.25, 0.3) is 5.65 Å². The van der Waals surface area contributed by atoms with Crippen LogP contribution in [0.2, 0.25) is 0 Å². The molecule has 34 heavy (non-hydrogen) atoms. The SMILES string of the molecule is C=C1N(C)c2cnc(Nc3cn4ncnc4cc3C)nc2N1C12CC3CC(C1)C(C#N)C(C3)C2. The quantitative estimate of drug-likeness (QED) is 0.635. The Balaban J connectivity index is 1.27. The fraction of sp³-hybridized carbons (Fsp3) is 0.480. The average Bonchev–Trinajstić information content (AvgIpc) is 3.35. The first-order valence-corrected chi connectivity index (χ1v) is 12.0. The van der Waals surface area contributed by atoms with E-state index in [-0.39, 0.29) is 11.5 Å². The van der Waals surface area contributed by atoms with Crippen LogP contribution in [0, 0.1) is 41.9 Å². The number of hydrogen-bond acceptors (Lipinski definition) is 8. The first-order chi connectivity index (χ1) is 16.5. The maximum atomic E-state index is 9.82. The minimum Gasteiger partial charge on any atom is -0.327 e. The molecule has 0 spiro atoms. The molecule has 3 aromatic heterocycles. The molecule has 0 amide bonds. The minimum absolute atomic E-state index is 0.0123. The molecule has 3 aromatic rings. The third-order valence-electron chi connectivity index (χ3n) is 8.70. The second kappa shape index (κ2) is 6.69. The highest BCUT2D eigenvalue weighted by atomic mass is 15.5. The third-order valence-corrected chi connectivity index (χ3v) is 8.70. The van der Waals surface area contributed by atoms with Crippen LogP contribution in [0.5, 0.6) is 0 Å². The van der Waals surface area contributed by atoms with Crippen molar-refractivity contribution in [3.05, 3.63) is 42.8 Å². The van der Waals surface area contributed by atoms with Crippen molar-refractivity contribution >= 4 is 28.8 Å². The monoisotopic (exact) mass is 453 g/mol. The molecule has 1 N–H and O–H groups in total. The summed E-state index contributed by atoms with van der Waals surface area (Å²) in [5.41, 5.74) is 3.71. The molecular weight excluding hydrogens is 426 g/mol. The Bertz CT molecular complexity index is 1370. The molecule has 4 bridgehead atoms. The van der Waals surface area contributed by atoms with Crippen LogP contribution in [0.3, 0.4) is 0 Å². The normalized spacial score (nSPS) is 31.3. The molecule has 4 saturated carbocycles. The number of aromatic nitrogens is 5. The van der Waals surface area contributed by atoms with Gasteiger partial charge in [0, 0.05) is 12.6 Å². The Kier molecular flexibility index (Phi) is 3.89. The molecule has 8 rings (SSSR count). The van der Waals surface area contributed by atoms with Gasteiger partial charge >= 0.3 is 0 Å². The van der Waals surface area contributed by atoms with E-state index in [2.05, 4.69) is 42.8 Å². The highest BCUT2D eigenvalue weighted by Crippen LogP contribution is 2.62. The summed E-state index contributed by atoms with van der Waals surface area (Å²) in [7, 11) is 2.04. The van der Waals surface area contributed by atoms with Crippen molar-refractivity contribution < 1.29 is 0 Å². The van der Waals surface area contributed by atoms with Crippen LogP contribution < -0.4 is 15.1 Å². The second-order valence-corrected chi connectivity index (χ2v) is 10.6. The zero-order valence-electron chi connectivity index (χ0n) is 19.4. The summed E-state index contributed by atoms with van der Waals surface area (Å²) in [5, 5.41) is 17.5. The van der Waals surface area contributed by atoms with Gasteiger partial charge < -0.3 is 15.1 Å². The van der Waals surface area contributed by atoms with Gasteiger partial charge in [-0.05, 0) is 68.4 Å². The summed E-state index contributed by atoms with van der Waals surface area (Å²) in [5.74, 6) is 4.28. The largest absolute Gasteiger partial charge is 0.327 e. The zero-order valence-corrected chi connectivity index (χ0v) is 19.4. The maximum absolute atomic E-state index is 9.82. The van der Waals surface area contributed by atoms with Crippen LogP contribution in [-0.4, -0.2) is 37.2 Å². The molecular formula is C25H27N9. The summed E-state index contributed by atoms with van der Waals surface area (Å²) in [6.07, 6.45) is 11.0. The van der Waals surface area contributed by atoms with Crippen LogP contribution in [0.1, 0.15) is 37.7 Å². The van der Waals surface area contributed by atoms with Gasteiger partial charge in [0.1, 0.15) is 17.8 Å². The van der Waals surface area contributed by atoms with E-state index in [1.54, 1.807) is 10.8 Å². The van der Waals surface area contributed by atoms with Gasteiger partial charge in [-0.25, -0.2) is 14.5 Å². The number of nitrogens with one attached hydrogen (secondary N) is 1. The van der Waals surface area contributed by atoms with Gasteiger partial charge in [0.25, 0.3) is 0 Å². The number of nitriles is 1. The number of fused-ring (bicyclic) bond motifs is 2. The standard InChI is InChI=1S/C25H27N9/c1-14-4-22-28-13-29-33(22)12-20(14)30-24-27-11-21-23(31-24)34(15(2)32(21)3)25-7-16-5-17(8-25)19(10-26)18(6-16)9-25/h4,11-13,16-19H,2,5-9H2,1,3H3,(H,27,30,31). The van der Waals surface area contributed by atoms with Gasteiger partial charge in [0.15, 0.2) is 11.5 Å². The van der Waals surface area contributed by atoms with Gasteiger partial charge in [-0.15, -0.1) is 0 Å². The topological polar surface area (TPSA) is 98.3 Å². The first kappa shape index (κ1) is 19.8. The Morgan fingerprint density at radius 1 is 1.21 bits per heavy atom. The van der Waals surface area contributed by atoms with E-state index in [9.17, 15) is 5.26 Å². The van der Waals surface area contributed by atoms with E-state index < -0.39 is 0 Å². The zero-order chi connectivity index (χ0) is 23.2. The lowest BCUT2D eigenvalue weighted by atomic mass is 9.49. The van der Waals surface area contributed by atoms with Crippen LogP contribution in [0.4, 0.5) is 23.1 Å². The predicted molar refractivity (Wildman–Crippen MR) is 128 cm³/mol. The molecule has 9 nitrogen and oxygen atoms in total. The number of anilines is 4. The molecule has 4 heterocycles. The predicted octanol–water partition coefficient (Wildman–Crippen LogP) is 4.02. The van der Waals surface area contributed by atoms with Gasteiger partial charge in [-0.3, -0.25) is 0 Å². The number of pyridine rings is 1. The van der Waals surface area contributed by atoms with Crippen molar-refractivity contribution in [2.24, 2.45) is 23.7 Å². The molecule has 9 heteroatoms. The third kappa shape index (κ3) is 2.59. The van der Waals surface area contributed by atoms with Gasteiger partial charge in [0.05, 0.1) is 30.1 Å². The highest BCUT2D eigenvalue weighted by Gasteiger charge is 2.59. The fourth-order valence-electron chi connectivity index (χ4n) is 7.41. The Morgan fingerprint density at radius 2 is 2.00 bits per heavy atom. The van der Waals surface area contributed by atoms with Crippen molar-refractivity contribution in [2.45, 2.75) is 44.6 Å². The number of aryl methyl sites for hydroxylation is 1. The van der Waals surface area contributed by atoms with E-state index in [4.69, 9.17) is 4.98 Å². The highest BCUT2D eigenvalue weighted by molar-refractivity contribution is 5.80. The second-order valence-electron chi connectivity index (χ2n) is 10.6. The van der Waals surface area contributed by atoms with Gasteiger partial charge in [-0.2, -0.15) is 15.3 Å². The lowest BCUT2D eigenvalue weighted by Gasteiger charge is -2.61. The molecule has 0 radical (unpaired) electrons. The summed E-state index contributed by atoms with van der Waals surface area (Å²) in [6.45, 7) is 6.50. The van der Waals surface area contributed by atoms with E-state index in [1.165, 1.54) is 12.8 Å². The lowest BCUT2D eigenvalue weighted by Crippen LogP contribution is -2.62. The summed E-state index contributed by atoms with van der Waals surface area (Å²) in [4.78, 5) is 18.4. The molecule has 0 aromatic carbocycles. The molecule has 2 atom stereocenters. The van der Waals surface area contributed by atoms with E-state index >= 15 is 0 Å². The minimum atomic E-state index is -0.0123. The first-order valence-electron chi connectivity index (χ1n) is 12.0. The number of hydrogen-bond donors (Lipinski definition) is 1. The Morgan fingerprint density at radius 3 is 2.76 bits per heavy atom. The lowest BCUT2D eigenvalue weighted by molar-refractivity contribution is -0.0309. The van der Waals surface area contributed by atoms with Crippen LogP contribution in [-0.2, 0) is 0 Å². The van der Waals surface area contributed by atoms with Gasteiger partial charge in [-0.1, -0.05) is 6.58 Å². The molecule has 1 aliphatic heterocycles. The van der Waals surface area contributed by atoms with Crippen LogP contribution >= 0.6 is 0 Å². The smallest absolute Gasteiger partial charge is 0.229 e. The number of nitrogens with zero attached hydrogens (tertiary/aromatic N) is 8. The van der Waals surface area contributed by atoms with E-state index in [0.717, 1.165) is 53.5 Å². The molecule has 0 saturated heterocycles. The number of rotatable bonds is 3. The molecule has 2 unspecified atom stereocenters. The summed E-state index contributed by atoms with van der Waals surface area (Å²) < 4.78 is 1.74. The molecule has 172 valence electrons. The van der Waals surface area contributed by atoms with Crippen LogP contribution in [0.15, 0.2) is 37.2 Å². The fourth-order valence-corrected chi connectivity index (χ4v) is 7.41. The maximum Gasteiger partial charge on any atom is 0.229 e. The van der Waals surface area contributed by atoms with Gasteiger partial charge in [0.2, 0.25) is 5.95 Å². The van der Waals surface area contributed by atoms with Crippen molar-refractivity contribution in [3.63, 3.8) is 0 Å². The summed E-state index contributed by atoms with van der Waals surface area (Å²) >= 11 is 0. The van der Waals surface area contributed by atoms with E-state index in [0.29, 0.717) is 23.7 Å².